The van der Waals surface area contributed by atoms with E-state index in [-0.39, 0.29) is 36.6 Å². The van der Waals surface area contributed by atoms with Crippen LogP contribution in [0.5, 0.6) is 5.75 Å². The fourth-order valence-corrected chi connectivity index (χ4v) is 2.06. The molecule has 8 heteroatoms. The maximum Gasteiger partial charge on any atom is 0.228 e. The molecule has 1 heterocycles. The van der Waals surface area contributed by atoms with Gasteiger partial charge in [0.1, 0.15) is 12.4 Å². The number of benzene rings is 1. The highest BCUT2D eigenvalue weighted by atomic mass is 35.5. The van der Waals surface area contributed by atoms with Gasteiger partial charge in [-0.25, -0.2) is 4.98 Å². The SMILES string of the molecule is CC(CN)C(=O)Nc1ccccc1OCc1cscn1.Cl.Cl. The van der Waals surface area contributed by atoms with E-state index in [0.717, 1.165) is 5.69 Å². The summed E-state index contributed by atoms with van der Waals surface area (Å²) >= 11 is 1.52. The summed E-state index contributed by atoms with van der Waals surface area (Å²) < 4.78 is 5.69. The van der Waals surface area contributed by atoms with Gasteiger partial charge in [-0.2, -0.15) is 0 Å². The minimum Gasteiger partial charge on any atom is -0.485 e. The first-order chi connectivity index (χ1) is 9.70. The smallest absolute Gasteiger partial charge is 0.228 e. The summed E-state index contributed by atoms with van der Waals surface area (Å²) in [6.45, 7) is 2.48. The third kappa shape index (κ3) is 5.81. The van der Waals surface area contributed by atoms with Gasteiger partial charge in [0.05, 0.1) is 16.9 Å². The number of nitrogens with two attached hydrogens (primary N) is 1. The summed E-state index contributed by atoms with van der Waals surface area (Å²) in [6.07, 6.45) is 0. The van der Waals surface area contributed by atoms with Gasteiger partial charge in [0, 0.05) is 17.8 Å². The van der Waals surface area contributed by atoms with Gasteiger partial charge in [-0.05, 0) is 12.1 Å². The predicted octanol–water partition coefficient (Wildman–Crippen LogP) is 3.10. The van der Waals surface area contributed by atoms with E-state index in [1.54, 1.807) is 18.5 Å². The van der Waals surface area contributed by atoms with Crippen molar-refractivity contribution in [2.24, 2.45) is 11.7 Å². The van der Waals surface area contributed by atoms with Gasteiger partial charge < -0.3 is 15.8 Å². The molecule has 3 N–H and O–H groups in total. The Morgan fingerprint density at radius 3 is 2.77 bits per heavy atom. The van der Waals surface area contributed by atoms with Crippen LogP contribution in [0.15, 0.2) is 35.2 Å². The monoisotopic (exact) mass is 363 g/mol. The van der Waals surface area contributed by atoms with Crippen molar-refractivity contribution in [1.82, 2.24) is 4.98 Å². The number of aromatic nitrogens is 1. The summed E-state index contributed by atoms with van der Waals surface area (Å²) in [5.41, 5.74) is 8.76. The number of ether oxygens (including phenoxy) is 1. The minimum absolute atomic E-state index is 0. The average molecular weight is 364 g/mol. The second-order valence-electron chi connectivity index (χ2n) is 4.39. The van der Waals surface area contributed by atoms with Crippen LogP contribution in [0.4, 0.5) is 5.69 Å². The van der Waals surface area contributed by atoms with Crippen LogP contribution in [-0.2, 0) is 11.4 Å². The van der Waals surface area contributed by atoms with E-state index in [9.17, 15) is 4.79 Å². The van der Waals surface area contributed by atoms with Gasteiger partial charge in [-0.3, -0.25) is 4.79 Å². The first-order valence-corrected chi connectivity index (χ1v) is 7.25. The number of rotatable bonds is 6. The molecule has 1 amide bonds. The molecule has 0 radical (unpaired) electrons. The van der Waals surface area contributed by atoms with Crippen molar-refractivity contribution in [2.45, 2.75) is 13.5 Å². The summed E-state index contributed by atoms with van der Waals surface area (Å²) in [5, 5.41) is 4.76. The zero-order chi connectivity index (χ0) is 14.4. The van der Waals surface area contributed by atoms with Crippen molar-refractivity contribution in [3.05, 3.63) is 40.8 Å². The summed E-state index contributed by atoms with van der Waals surface area (Å²) in [5.74, 6) is 0.275. The Kier molecular flexibility index (Phi) is 9.76. The molecule has 0 fully saturated rings. The molecular formula is C14H19Cl2N3O2S. The minimum atomic E-state index is -0.235. The van der Waals surface area contributed by atoms with Crippen molar-refractivity contribution >= 4 is 47.7 Å². The number of carbonyl (C=O) groups is 1. The molecule has 0 aliphatic heterocycles. The molecule has 2 rings (SSSR count). The summed E-state index contributed by atoms with van der Waals surface area (Å²) in [4.78, 5) is 16.0. The molecule has 1 aromatic heterocycles. The number of para-hydroxylation sites is 2. The third-order valence-electron chi connectivity index (χ3n) is 2.81. The van der Waals surface area contributed by atoms with Gasteiger partial charge in [0.2, 0.25) is 5.91 Å². The lowest BCUT2D eigenvalue weighted by Gasteiger charge is -2.14. The molecule has 2 aromatic rings. The maximum absolute atomic E-state index is 11.9. The molecule has 0 bridgehead atoms. The zero-order valence-corrected chi connectivity index (χ0v) is 14.5. The van der Waals surface area contributed by atoms with Gasteiger partial charge >= 0.3 is 0 Å². The lowest BCUT2D eigenvalue weighted by Crippen LogP contribution is -2.26. The molecule has 1 atom stereocenters. The van der Waals surface area contributed by atoms with Gasteiger partial charge in [-0.1, -0.05) is 19.1 Å². The van der Waals surface area contributed by atoms with E-state index in [1.165, 1.54) is 11.3 Å². The Bertz CT molecular complexity index is 567. The number of amides is 1. The third-order valence-corrected chi connectivity index (χ3v) is 3.44. The second-order valence-corrected chi connectivity index (χ2v) is 5.11. The molecular weight excluding hydrogens is 345 g/mol. The van der Waals surface area contributed by atoms with Crippen LogP contribution in [0.25, 0.3) is 0 Å². The average Bonchev–Trinajstić information content (AvgIpc) is 2.98. The molecule has 1 aromatic carbocycles. The topological polar surface area (TPSA) is 77.2 Å². The van der Waals surface area contributed by atoms with Crippen molar-refractivity contribution in [1.29, 1.82) is 0 Å². The van der Waals surface area contributed by atoms with Crippen LogP contribution in [0.3, 0.4) is 0 Å². The van der Waals surface area contributed by atoms with Gasteiger partial charge in [0.15, 0.2) is 0 Å². The van der Waals surface area contributed by atoms with Crippen molar-refractivity contribution in [3.63, 3.8) is 0 Å². The van der Waals surface area contributed by atoms with Crippen LogP contribution in [0, 0.1) is 5.92 Å². The summed E-state index contributed by atoms with van der Waals surface area (Å²) in [6, 6.07) is 7.32. The fourth-order valence-electron chi connectivity index (χ4n) is 1.52. The molecule has 0 saturated carbocycles. The number of hydrogen-bond acceptors (Lipinski definition) is 5. The van der Waals surface area contributed by atoms with E-state index >= 15 is 0 Å². The number of nitrogens with zero attached hydrogens (tertiary/aromatic N) is 1. The van der Waals surface area contributed by atoms with Crippen molar-refractivity contribution < 1.29 is 9.53 Å². The number of thiazole rings is 1. The van der Waals surface area contributed by atoms with Crippen LogP contribution in [0.1, 0.15) is 12.6 Å². The molecule has 0 aliphatic rings. The lowest BCUT2D eigenvalue weighted by molar-refractivity contribution is -0.119. The molecule has 0 aliphatic carbocycles. The van der Waals surface area contributed by atoms with E-state index in [1.807, 2.05) is 23.6 Å². The van der Waals surface area contributed by atoms with E-state index in [4.69, 9.17) is 10.5 Å². The molecule has 5 nitrogen and oxygen atoms in total. The standard InChI is InChI=1S/C14H17N3O2S.2ClH/c1-10(6-15)14(18)17-12-4-2-3-5-13(12)19-7-11-8-20-9-16-11;;/h2-5,8-10H,6-7,15H2,1H3,(H,17,18);2*1H. The first kappa shape index (κ1) is 20.7. The zero-order valence-electron chi connectivity index (χ0n) is 12.0. The van der Waals surface area contributed by atoms with Crippen molar-refractivity contribution in [3.8, 4) is 5.75 Å². The quantitative estimate of drug-likeness (QED) is 0.826. The molecule has 122 valence electrons. The predicted molar refractivity (Wildman–Crippen MR) is 94.2 cm³/mol. The number of anilines is 1. The molecule has 0 spiro atoms. The van der Waals surface area contributed by atoms with Crippen LogP contribution >= 0.6 is 36.2 Å². The van der Waals surface area contributed by atoms with E-state index in [2.05, 4.69) is 10.3 Å². The van der Waals surface area contributed by atoms with Crippen molar-refractivity contribution in [2.75, 3.05) is 11.9 Å². The normalized spacial score (nSPS) is 10.8. The Morgan fingerprint density at radius 2 is 2.14 bits per heavy atom. The second kappa shape index (κ2) is 10.4. The molecule has 1 unspecified atom stereocenters. The number of hydrogen-bond donors (Lipinski definition) is 2. The lowest BCUT2D eigenvalue weighted by atomic mass is 10.1. The van der Waals surface area contributed by atoms with Crippen LogP contribution < -0.4 is 15.8 Å². The highest BCUT2D eigenvalue weighted by Gasteiger charge is 2.13. The Balaban J connectivity index is 0.00000220. The Labute approximate surface area is 146 Å². The Hall–Kier alpha value is -1.34. The highest BCUT2D eigenvalue weighted by Crippen LogP contribution is 2.25. The molecule has 22 heavy (non-hydrogen) atoms. The number of nitrogens with one attached hydrogen (secondary N) is 1. The maximum atomic E-state index is 11.9. The van der Waals surface area contributed by atoms with Gasteiger partial charge in [-0.15, -0.1) is 36.2 Å². The van der Waals surface area contributed by atoms with E-state index in [0.29, 0.717) is 24.6 Å². The highest BCUT2D eigenvalue weighted by molar-refractivity contribution is 7.07. The van der Waals surface area contributed by atoms with Crippen LogP contribution in [-0.4, -0.2) is 17.4 Å². The van der Waals surface area contributed by atoms with Gasteiger partial charge in [0.25, 0.3) is 0 Å². The molecule has 0 saturated heterocycles. The van der Waals surface area contributed by atoms with Crippen LogP contribution in [0.2, 0.25) is 0 Å². The number of carbonyl (C=O) groups excluding carboxylic acids is 1. The summed E-state index contributed by atoms with van der Waals surface area (Å²) in [7, 11) is 0. The first-order valence-electron chi connectivity index (χ1n) is 6.30. The largest absolute Gasteiger partial charge is 0.485 e. The number of halogens is 2. The Morgan fingerprint density at radius 1 is 1.41 bits per heavy atom. The fraction of sp³-hybridized carbons (Fsp3) is 0.286. The van der Waals surface area contributed by atoms with E-state index < -0.39 is 0 Å².